The van der Waals surface area contributed by atoms with Crippen molar-refractivity contribution < 1.29 is 4.12 Å². The Hall–Kier alpha value is -0.906. The van der Waals surface area contributed by atoms with Crippen LogP contribution in [0.2, 0.25) is 0 Å². The van der Waals surface area contributed by atoms with Crippen LogP contribution in [0.5, 0.6) is 0 Å². The van der Waals surface area contributed by atoms with Gasteiger partial charge in [-0.2, -0.15) is 0 Å². The van der Waals surface area contributed by atoms with Crippen LogP contribution in [0.15, 0.2) is 36.4 Å². The maximum absolute atomic E-state index is 5.56. The van der Waals surface area contributed by atoms with Gasteiger partial charge in [-0.3, -0.25) is 0 Å². The maximum atomic E-state index is 5.56. The SMILES string of the molecule is CCc1ccc2ccccc2c1[SiH2]O[SiH3]. The fourth-order valence-electron chi connectivity index (χ4n) is 2.03. The van der Waals surface area contributed by atoms with E-state index < -0.39 is 9.76 Å². The third-order valence-corrected chi connectivity index (χ3v) is 5.09. The molecule has 0 heterocycles. The van der Waals surface area contributed by atoms with Gasteiger partial charge in [0.15, 0.2) is 9.76 Å². The van der Waals surface area contributed by atoms with Gasteiger partial charge in [-0.1, -0.05) is 43.3 Å². The molecule has 78 valence electrons. The first kappa shape index (κ1) is 10.6. The van der Waals surface area contributed by atoms with Gasteiger partial charge in [0, 0.05) is 0 Å². The normalized spacial score (nSPS) is 11.8. The average molecular weight is 232 g/mol. The van der Waals surface area contributed by atoms with E-state index in [-0.39, 0.29) is 0 Å². The van der Waals surface area contributed by atoms with Crippen molar-refractivity contribution in [2.45, 2.75) is 13.3 Å². The van der Waals surface area contributed by atoms with Gasteiger partial charge in [0.1, 0.15) is 10.5 Å². The predicted octanol–water partition coefficient (Wildman–Crippen LogP) is 0.408. The molecule has 0 radical (unpaired) electrons. The van der Waals surface area contributed by atoms with Crippen LogP contribution in [-0.2, 0) is 10.5 Å². The molecular formula is C12H16OSi2. The van der Waals surface area contributed by atoms with Crippen molar-refractivity contribution >= 4 is 36.2 Å². The lowest BCUT2D eigenvalue weighted by Crippen LogP contribution is -2.22. The summed E-state index contributed by atoms with van der Waals surface area (Å²) in [5.74, 6) is 0. The first-order chi connectivity index (χ1) is 7.36. The van der Waals surface area contributed by atoms with E-state index in [0.29, 0.717) is 0 Å². The van der Waals surface area contributed by atoms with E-state index in [1.165, 1.54) is 21.5 Å². The zero-order valence-electron chi connectivity index (χ0n) is 9.29. The van der Waals surface area contributed by atoms with Crippen molar-refractivity contribution in [3.8, 4) is 0 Å². The lowest BCUT2D eigenvalue weighted by molar-refractivity contribution is 0.676. The van der Waals surface area contributed by atoms with Gasteiger partial charge in [-0.25, -0.2) is 0 Å². The van der Waals surface area contributed by atoms with Gasteiger partial charge < -0.3 is 4.12 Å². The molecule has 0 saturated carbocycles. The molecule has 0 spiro atoms. The molecule has 0 aliphatic heterocycles. The van der Waals surface area contributed by atoms with Crippen LogP contribution in [0, 0.1) is 0 Å². The number of hydrogen-bond acceptors (Lipinski definition) is 1. The first-order valence-electron chi connectivity index (χ1n) is 5.35. The van der Waals surface area contributed by atoms with Crippen molar-refractivity contribution in [3.05, 3.63) is 42.0 Å². The van der Waals surface area contributed by atoms with Crippen LogP contribution in [0.4, 0.5) is 0 Å². The van der Waals surface area contributed by atoms with Gasteiger partial charge in [0.2, 0.25) is 0 Å². The second-order valence-electron chi connectivity index (χ2n) is 3.71. The summed E-state index contributed by atoms with van der Waals surface area (Å²) in [6, 6.07) is 13.1. The molecule has 0 aliphatic carbocycles. The van der Waals surface area contributed by atoms with Gasteiger partial charge in [0.25, 0.3) is 0 Å². The monoisotopic (exact) mass is 232 g/mol. The van der Waals surface area contributed by atoms with E-state index in [2.05, 4.69) is 43.3 Å². The van der Waals surface area contributed by atoms with Crippen LogP contribution in [0.3, 0.4) is 0 Å². The highest BCUT2D eigenvalue weighted by molar-refractivity contribution is 6.55. The van der Waals surface area contributed by atoms with Gasteiger partial charge in [0.05, 0.1) is 0 Å². The molecule has 0 unspecified atom stereocenters. The number of rotatable bonds is 3. The minimum atomic E-state index is -0.501. The Balaban J connectivity index is 2.67. The molecule has 0 atom stereocenters. The summed E-state index contributed by atoms with van der Waals surface area (Å²) in [6.07, 6.45) is 1.11. The van der Waals surface area contributed by atoms with Crippen LogP contribution in [0.25, 0.3) is 10.8 Å². The third-order valence-electron chi connectivity index (χ3n) is 2.81. The smallest absolute Gasteiger partial charge is 0.178 e. The molecule has 3 heteroatoms. The second kappa shape index (κ2) is 4.74. The standard InChI is InChI=1S/C12H16OSi2/c1-2-9-7-8-10-5-3-4-6-11(10)12(9)15-13-14/h3-8H,2,15H2,1,14H3. The predicted molar refractivity (Wildman–Crippen MR) is 72.5 cm³/mol. The minimum absolute atomic E-state index is 0.501. The van der Waals surface area contributed by atoms with E-state index in [4.69, 9.17) is 4.12 Å². The minimum Gasteiger partial charge on any atom is -0.465 e. The van der Waals surface area contributed by atoms with E-state index in [0.717, 1.165) is 16.9 Å². The average Bonchev–Trinajstić information content (AvgIpc) is 2.30. The Labute approximate surface area is 95.9 Å². The summed E-state index contributed by atoms with van der Waals surface area (Å²) in [5.41, 5.74) is 1.47. The summed E-state index contributed by atoms with van der Waals surface area (Å²) in [5, 5.41) is 4.25. The topological polar surface area (TPSA) is 9.23 Å². The summed E-state index contributed by atoms with van der Waals surface area (Å²) < 4.78 is 5.56. The molecule has 0 aromatic heterocycles. The van der Waals surface area contributed by atoms with Crippen molar-refractivity contribution in [2.75, 3.05) is 0 Å². The highest BCUT2D eigenvalue weighted by Crippen LogP contribution is 2.13. The Kier molecular flexibility index (Phi) is 3.35. The molecule has 1 nitrogen and oxygen atoms in total. The van der Waals surface area contributed by atoms with Gasteiger partial charge >= 0.3 is 0 Å². The summed E-state index contributed by atoms with van der Waals surface area (Å²) >= 11 is 0. The first-order valence-corrected chi connectivity index (χ1v) is 7.45. The van der Waals surface area contributed by atoms with Crippen molar-refractivity contribution in [2.24, 2.45) is 0 Å². The van der Waals surface area contributed by atoms with Crippen LogP contribution >= 0.6 is 0 Å². The highest BCUT2D eigenvalue weighted by Gasteiger charge is 2.05. The van der Waals surface area contributed by atoms with E-state index in [1.807, 2.05) is 0 Å². The largest absolute Gasteiger partial charge is 0.465 e. The molecule has 2 rings (SSSR count). The third kappa shape index (κ3) is 2.04. The van der Waals surface area contributed by atoms with Crippen LogP contribution in [-0.4, -0.2) is 20.2 Å². The molecular weight excluding hydrogens is 216 g/mol. The van der Waals surface area contributed by atoms with Crippen molar-refractivity contribution in [1.82, 2.24) is 0 Å². The number of fused-ring (bicyclic) bond motifs is 1. The van der Waals surface area contributed by atoms with E-state index in [1.54, 1.807) is 0 Å². The quantitative estimate of drug-likeness (QED) is 0.697. The fraction of sp³-hybridized carbons (Fsp3) is 0.167. The molecule has 15 heavy (non-hydrogen) atoms. The van der Waals surface area contributed by atoms with Crippen LogP contribution < -0.4 is 5.19 Å². The summed E-state index contributed by atoms with van der Waals surface area (Å²) in [7, 11) is 0.361. The van der Waals surface area contributed by atoms with Crippen LogP contribution in [0.1, 0.15) is 12.5 Å². The summed E-state index contributed by atoms with van der Waals surface area (Å²) in [4.78, 5) is 0. The zero-order valence-corrected chi connectivity index (χ0v) is 12.7. The Bertz CT molecular complexity index is 468. The molecule has 2 aromatic carbocycles. The molecule has 0 aliphatic rings. The van der Waals surface area contributed by atoms with Gasteiger partial charge in [-0.15, -0.1) is 0 Å². The fourth-order valence-corrected chi connectivity index (χ4v) is 4.21. The van der Waals surface area contributed by atoms with Crippen molar-refractivity contribution in [3.63, 3.8) is 0 Å². The summed E-state index contributed by atoms with van der Waals surface area (Å²) in [6.45, 7) is 2.22. The molecule has 0 N–H and O–H groups in total. The van der Waals surface area contributed by atoms with Crippen molar-refractivity contribution in [1.29, 1.82) is 0 Å². The molecule has 0 amide bonds. The van der Waals surface area contributed by atoms with E-state index >= 15 is 0 Å². The lowest BCUT2D eigenvalue weighted by Gasteiger charge is -2.10. The lowest BCUT2D eigenvalue weighted by atomic mass is 10.1. The molecule has 0 bridgehead atoms. The maximum Gasteiger partial charge on any atom is 0.178 e. The molecule has 2 aromatic rings. The van der Waals surface area contributed by atoms with Gasteiger partial charge in [-0.05, 0) is 27.9 Å². The Morgan fingerprint density at radius 2 is 2.00 bits per heavy atom. The molecule has 0 saturated heterocycles. The zero-order chi connectivity index (χ0) is 10.7. The van der Waals surface area contributed by atoms with E-state index in [9.17, 15) is 0 Å². The second-order valence-corrected chi connectivity index (χ2v) is 7.02. The Morgan fingerprint density at radius 1 is 1.20 bits per heavy atom. The highest BCUT2D eigenvalue weighted by atomic mass is 28.3. The number of aryl methyl sites for hydroxylation is 1. The Morgan fingerprint density at radius 3 is 2.73 bits per heavy atom. The molecule has 0 fully saturated rings. The number of benzene rings is 2. The number of hydrogen-bond donors (Lipinski definition) is 0.